The number of urea groups is 1. The van der Waals surface area contributed by atoms with Crippen molar-refractivity contribution in [3.63, 3.8) is 0 Å². The van der Waals surface area contributed by atoms with Crippen LogP contribution in [0.15, 0.2) is 24.3 Å². The summed E-state index contributed by atoms with van der Waals surface area (Å²) in [5, 5.41) is 11.7. The van der Waals surface area contributed by atoms with Gasteiger partial charge in [0.1, 0.15) is 11.9 Å². The molecule has 2 aliphatic heterocycles. The quantitative estimate of drug-likeness (QED) is 0.795. The van der Waals surface area contributed by atoms with Gasteiger partial charge in [-0.2, -0.15) is 0 Å². The number of hydrogen-bond donors (Lipinski definition) is 2. The van der Waals surface area contributed by atoms with Crippen LogP contribution in [0, 0.1) is 11.2 Å². The number of nitrogens with zero attached hydrogens (tertiary/aromatic N) is 2. The lowest BCUT2D eigenvalue weighted by Gasteiger charge is -2.37. The first kappa shape index (κ1) is 19.8. The van der Waals surface area contributed by atoms with E-state index in [9.17, 15) is 23.6 Å². The van der Waals surface area contributed by atoms with Gasteiger partial charge in [-0.25, -0.2) is 14.1 Å². The van der Waals surface area contributed by atoms with E-state index in [1.165, 1.54) is 17.0 Å². The standard InChI is InChI=1S/C19H22FN3O5/c1-19(2,10-15(25)26)9-14(24)22-8-7-13-16(22)17(27)23(18(28)21-13)12-5-3-11(20)4-6-12/h3-6,13,16H,7-10H2,1-2H3,(H,21,28)(H,25,26)/t13-,16-/m0/s1. The predicted octanol–water partition coefficient (Wildman–Crippen LogP) is 1.74. The Kier molecular flexibility index (Phi) is 5.10. The molecule has 1 aromatic carbocycles. The van der Waals surface area contributed by atoms with Gasteiger partial charge in [0, 0.05) is 13.0 Å². The SMILES string of the molecule is CC(C)(CC(=O)O)CC(=O)N1CC[C@@H]2NC(=O)N(c3ccc(F)cc3)C(=O)[C@H]21. The number of carboxylic acids is 1. The molecule has 2 saturated heterocycles. The minimum atomic E-state index is -0.999. The number of amides is 4. The Morgan fingerprint density at radius 3 is 2.46 bits per heavy atom. The minimum absolute atomic E-state index is 0.0275. The lowest BCUT2D eigenvalue weighted by molar-refractivity contribution is -0.143. The molecule has 0 bridgehead atoms. The van der Waals surface area contributed by atoms with Gasteiger partial charge in [-0.1, -0.05) is 13.8 Å². The van der Waals surface area contributed by atoms with E-state index in [2.05, 4.69) is 5.32 Å². The molecule has 0 radical (unpaired) electrons. The highest BCUT2D eigenvalue weighted by atomic mass is 19.1. The monoisotopic (exact) mass is 391 g/mol. The number of halogens is 1. The first-order chi connectivity index (χ1) is 13.1. The maximum atomic E-state index is 13.2. The number of carboxylic acid groups (broad SMARTS) is 1. The van der Waals surface area contributed by atoms with Crippen LogP contribution in [0.25, 0.3) is 0 Å². The third kappa shape index (κ3) is 3.83. The summed E-state index contributed by atoms with van der Waals surface area (Å²) in [7, 11) is 0. The lowest BCUT2D eigenvalue weighted by Crippen LogP contribution is -2.65. The third-order valence-electron chi connectivity index (χ3n) is 5.05. The van der Waals surface area contributed by atoms with Gasteiger partial charge in [-0.15, -0.1) is 0 Å². The van der Waals surface area contributed by atoms with Crippen LogP contribution < -0.4 is 10.2 Å². The molecule has 4 amide bonds. The Morgan fingerprint density at radius 2 is 1.86 bits per heavy atom. The van der Waals surface area contributed by atoms with Gasteiger partial charge in [0.2, 0.25) is 5.91 Å². The van der Waals surface area contributed by atoms with Gasteiger partial charge in [-0.05, 0) is 36.1 Å². The van der Waals surface area contributed by atoms with Gasteiger partial charge < -0.3 is 15.3 Å². The number of carbonyl (C=O) groups is 4. The van der Waals surface area contributed by atoms with E-state index < -0.39 is 41.2 Å². The molecule has 150 valence electrons. The van der Waals surface area contributed by atoms with E-state index >= 15 is 0 Å². The van der Waals surface area contributed by atoms with E-state index in [4.69, 9.17) is 5.11 Å². The molecule has 1 aromatic rings. The van der Waals surface area contributed by atoms with Crippen molar-refractivity contribution < 1.29 is 28.7 Å². The van der Waals surface area contributed by atoms with Crippen molar-refractivity contribution in [3.8, 4) is 0 Å². The molecule has 9 heteroatoms. The van der Waals surface area contributed by atoms with Gasteiger partial charge in [0.15, 0.2) is 0 Å². The van der Waals surface area contributed by atoms with Crippen LogP contribution in [0.1, 0.15) is 33.1 Å². The molecule has 3 rings (SSSR count). The molecule has 2 fully saturated rings. The maximum absolute atomic E-state index is 13.2. The smallest absolute Gasteiger partial charge is 0.329 e. The highest BCUT2D eigenvalue weighted by Gasteiger charge is 2.50. The largest absolute Gasteiger partial charge is 0.481 e. The number of fused-ring (bicyclic) bond motifs is 1. The number of carbonyl (C=O) groups excluding carboxylic acids is 3. The first-order valence-electron chi connectivity index (χ1n) is 9.00. The van der Waals surface area contributed by atoms with E-state index in [0.29, 0.717) is 13.0 Å². The van der Waals surface area contributed by atoms with Crippen LogP contribution in [-0.2, 0) is 14.4 Å². The van der Waals surface area contributed by atoms with Crippen LogP contribution in [0.5, 0.6) is 0 Å². The number of aliphatic carboxylic acids is 1. The summed E-state index contributed by atoms with van der Waals surface area (Å²) in [6, 6.07) is 2.97. The van der Waals surface area contributed by atoms with Crippen molar-refractivity contribution >= 4 is 29.5 Å². The highest BCUT2D eigenvalue weighted by Crippen LogP contribution is 2.31. The Morgan fingerprint density at radius 1 is 1.21 bits per heavy atom. The lowest BCUT2D eigenvalue weighted by atomic mass is 9.85. The average molecular weight is 391 g/mol. The minimum Gasteiger partial charge on any atom is -0.481 e. The summed E-state index contributed by atoms with van der Waals surface area (Å²) in [5.41, 5.74) is -0.550. The second kappa shape index (κ2) is 7.21. The Labute approximate surface area is 161 Å². The number of likely N-dealkylation sites (tertiary alicyclic amines) is 1. The van der Waals surface area contributed by atoms with Crippen LogP contribution in [-0.4, -0.2) is 52.4 Å². The zero-order chi connectivity index (χ0) is 20.6. The van der Waals surface area contributed by atoms with Crippen molar-refractivity contribution in [2.24, 2.45) is 5.41 Å². The summed E-state index contributed by atoms with van der Waals surface area (Å²) in [5.74, 6) is -2.38. The number of anilines is 1. The predicted molar refractivity (Wildman–Crippen MR) is 97.0 cm³/mol. The number of hydrogen-bond acceptors (Lipinski definition) is 4. The van der Waals surface area contributed by atoms with Gasteiger partial charge in [0.05, 0.1) is 18.2 Å². The van der Waals surface area contributed by atoms with E-state index in [-0.39, 0.29) is 24.4 Å². The zero-order valence-electron chi connectivity index (χ0n) is 15.6. The number of nitrogens with one attached hydrogen (secondary N) is 1. The number of rotatable bonds is 5. The topological polar surface area (TPSA) is 107 Å². The van der Waals surface area contributed by atoms with E-state index in [0.717, 1.165) is 17.0 Å². The summed E-state index contributed by atoms with van der Waals surface area (Å²) in [6.07, 6.45) is 0.234. The Balaban J connectivity index is 1.81. The van der Waals surface area contributed by atoms with E-state index in [1.54, 1.807) is 13.8 Å². The molecular formula is C19H22FN3O5. The number of benzene rings is 1. The molecule has 2 N–H and O–H groups in total. The summed E-state index contributed by atoms with van der Waals surface area (Å²) in [6.45, 7) is 3.66. The fourth-order valence-electron chi connectivity index (χ4n) is 3.80. The van der Waals surface area contributed by atoms with Crippen LogP contribution in [0.2, 0.25) is 0 Å². The van der Waals surface area contributed by atoms with Crippen LogP contribution in [0.4, 0.5) is 14.9 Å². The summed E-state index contributed by atoms with van der Waals surface area (Å²) in [4.78, 5) is 51.6. The molecule has 0 spiro atoms. The van der Waals surface area contributed by atoms with Crippen LogP contribution in [0.3, 0.4) is 0 Å². The maximum Gasteiger partial charge on any atom is 0.329 e. The summed E-state index contributed by atoms with van der Waals surface area (Å²) >= 11 is 0. The van der Waals surface area contributed by atoms with Crippen molar-refractivity contribution in [2.45, 2.75) is 45.2 Å². The zero-order valence-corrected chi connectivity index (χ0v) is 15.6. The fraction of sp³-hybridized carbons (Fsp3) is 0.474. The molecule has 2 atom stereocenters. The van der Waals surface area contributed by atoms with Crippen molar-refractivity contribution in [2.75, 3.05) is 11.4 Å². The molecule has 2 aliphatic rings. The van der Waals surface area contributed by atoms with Crippen molar-refractivity contribution in [1.82, 2.24) is 10.2 Å². The average Bonchev–Trinajstić information content (AvgIpc) is 2.99. The Hall–Kier alpha value is -2.97. The molecular weight excluding hydrogens is 369 g/mol. The third-order valence-corrected chi connectivity index (χ3v) is 5.05. The van der Waals surface area contributed by atoms with Crippen molar-refractivity contribution in [1.29, 1.82) is 0 Å². The second-order valence-electron chi connectivity index (χ2n) is 7.94. The Bertz CT molecular complexity index is 823. The molecule has 0 unspecified atom stereocenters. The normalized spacial score (nSPS) is 22.1. The van der Waals surface area contributed by atoms with Crippen molar-refractivity contribution in [3.05, 3.63) is 30.1 Å². The molecule has 0 aromatic heterocycles. The van der Waals surface area contributed by atoms with Gasteiger partial charge in [-0.3, -0.25) is 14.4 Å². The number of imide groups is 1. The molecule has 0 aliphatic carbocycles. The van der Waals surface area contributed by atoms with Gasteiger partial charge in [0.25, 0.3) is 5.91 Å². The molecule has 0 saturated carbocycles. The first-order valence-corrected chi connectivity index (χ1v) is 9.00. The molecule has 2 heterocycles. The van der Waals surface area contributed by atoms with Gasteiger partial charge >= 0.3 is 12.0 Å². The van der Waals surface area contributed by atoms with E-state index in [1.807, 2.05) is 0 Å². The molecule has 8 nitrogen and oxygen atoms in total. The second-order valence-corrected chi connectivity index (χ2v) is 7.94. The highest BCUT2D eigenvalue weighted by molar-refractivity contribution is 6.19. The summed E-state index contributed by atoms with van der Waals surface area (Å²) < 4.78 is 13.2. The fourth-order valence-corrected chi connectivity index (χ4v) is 3.80. The molecule has 28 heavy (non-hydrogen) atoms. The van der Waals surface area contributed by atoms with Crippen LogP contribution >= 0.6 is 0 Å².